The molecule has 4 rings (SSSR count). The van der Waals surface area contributed by atoms with Crippen molar-refractivity contribution in [2.45, 2.75) is 46.1 Å². The Labute approximate surface area is 154 Å². The second-order valence-electron chi connectivity index (χ2n) is 7.64. The first-order chi connectivity index (χ1) is 12.6. The molecular weight excluding hydrogens is 326 g/mol. The van der Waals surface area contributed by atoms with Gasteiger partial charge in [0.2, 0.25) is 5.91 Å². The quantitative estimate of drug-likeness (QED) is 0.902. The highest BCUT2D eigenvalue weighted by Crippen LogP contribution is 2.30. The highest BCUT2D eigenvalue weighted by molar-refractivity contribution is 6.02. The predicted octanol–water partition coefficient (Wildman–Crippen LogP) is 3.21. The molecule has 26 heavy (non-hydrogen) atoms. The molecule has 1 aromatic heterocycles. The normalized spacial score (nSPS) is 18.2. The number of aromatic nitrogens is 1. The number of benzene rings is 1. The number of amides is 1. The Kier molecular flexibility index (Phi) is 4.57. The lowest BCUT2D eigenvalue weighted by Crippen LogP contribution is -2.37. The van der Waals surface area contributed by atoms with Gasteiger partial charge in [-0.25, -0.2) is 0 Å². The smallest absolute Gasteiger partial charge is 0.253 e. The number of nitrogens with zero attached hydrogens (tertiary/aromatic N) is 2. The van der Waals surface area contributed by atoms with Gasteiger partial charge in [0.05, 0.1) is 5.52 Å². The van der Waals surface area contributed by atoms with Crippen molar-refractivity contribution in [3.05, 3.63) is 35.0 Å². The molecular formula is C21H27N3O2. The van der Waals surface area contributed by atoms with Crippen LogP contribution < -0.4 is 5.32 Å². The first-order valence-corrected chi connectivity index (χ1v) is 9.79. The number of carbonyl (C=O) groups is 2. The monoisotopic (exact) mass is 353 g/mol. The van der Waals surface area contributed by atoms with Crippen molar-refractivity contribution in [1.29, 1.82) is 0 Å². The van der Waals surface area contributed by atoms with Crippen LogP contribution in [0.15, 0.2) is 18.2 Å². The zero-order valence-corrected chi connectivity index (χ0v) is 15.7. The number of fused-ring (bicyclic) bond motifs is 3. The maximum absolute atomic E-state index is 13.0. The number of hydrogen-bond acceptors (Lipinski definition) is 3. The van der Waals surface area contributed by atoms with Crippen LogP contribution in [0.4, 0.5) is 0 Å². The van der Waals surface area contributed by atoms with Gasteiger partial charge in [-0.3, -0.25) is 14.2 Å². The third kappa shape index (κ3) is 2.84. The van der Waals surface area contributed by atoms with Crippen molar-refractivity contribution < 1.29 is 9.59 Å². The summed E-state index contributed by atoms with van der Waals surface area (Å²) in [6.07, 6.45) is 3.49. The lowest BCUT2D eigenvalue weighted by Gasteiger charge is -2.30. The SMILES string of the molecule is CCC(=O)n1c2c(c3cc(C(=O)N4CCC(C)CC4)ccc31)CNCC2. The number of hydrogen-bond donors (Lipinski definition) is 1. The van der Waals surface area contributed by atoms with Gasteiger partial charge in [0.25, 0.3) is 5.91 Å². The second-order valence-corrected chi connectivity index (χ2v) is 7.64. The fraction of sp³-hybridized carbons (Fsp3) is 0.524. The van der Waals surface area contributed by atoms with Crippen LogP contribution in [-0.4, -0.2) is 40.9 Å². The van der Waals surface area contributed by atoms with E-state index in [1.54, 1.807) is 0 Å². The Balaban J connectivity index is 1.75. The molecule has 5 nitrogen and oxygen atoms in total. The van der Waals surface area contributed by atoms with Crippen LogP contribution in [-0.2, 0) is 13.0 Å². The Morgan fingerprint density at radius 1 is 1.23 bits per heavy atom. The van der Waals surface area contributed by atoms with E-state index in [2.05, 4.69) is 12.2 Å². The van der Waals surface area contributed by atoms with E-state index in [4.69, 9.17) is 0 Å². The fourth-order valence-electron chi connectivity index (χ4n) is 4.26. The molecule has 0 spiro atoms. The molecule has 0 unspecified atom stereocenters. The molecule has 2 aliphatic rings. The lowest BCUT2D eigenvalue weighted by atomic mass is 9.98. The van der Waals surface area contributed by atoms with E-state index < -0.39 is 0 Å². The Bertz CT molecular complexity index is 860. The minimum absolute atomic E-state index is 0.117. The number of carbonyl (C=O) groups excluding carboxylic acids is 2. The van der Waals surface area contributed by atoms with E-state index in [0.29, 0.717) is 12.3 Å². The highest BCUT2D eigenvalue weighted by atomic mass is 16.2. The van der Waals surface area contributed by atoms with Gasteiger partial charge in [0, 0.05) is 55.7 Å². The van der Waals surface area contributed by atoms with Crippen molar-refractivity contribution >= 4 is 22.7 Å². The Hall–Kier alpha value is -2.14. The van der Waals surface area contributed by atoms with Gasteiger partial charge in [0.1, 0.15) is 0 Å². The maximum atomic E-state index is 13.0. The Morgan fingerprint density at radius 3 is 2.73 bits per heavy atom. The van der Waals surface area contributed by atoms with Crippen LogP contribution in [0.5, 0.6) is 0 Å². The van der Waals surface area contributed by atoms with Crippen LogP contribution >= 0.6 is 0 Å². The molecule has 3 heterocycles. The van der Waals surface area contributed by atoms with Crippen LogP contribution in [0.2, 0.25) is 0 Å². The van der Waals surface area contributed by atoms with Crippen LogP contribution in [0, 0.1) is 5.92 Å². The van der Waals surface area contributed by atoms with Crippen molar-refractivity contribution in [3.8, 4) is 0 Å². The number of piperidine rings is 1. The summed E-state index contributed by atoms with van der Waals surface area (Å²) in [6.45, 7) is 7.48. The minimum Gasteiger partial charge on any atom is -0.339 e. The van der Waals surface area contributed by atoms with Crippen LogP contribution in [0.1, 0.15) is 59.5 Å². The first-order valence-electron chi connectivity index (χ1n) is 9.79. The third-order valence-electron chi connectivity index (χ3n) is 5.89. The number of nitrogens with one attached hydrogen (secondary N) is 1. The van der Waals surface area contributed by atoms with Crippen molar-refractivity contribution in [1.82, 2.24) is 14.8 Å². The van der Waals surface area contributed by atoms with E-state index in [1.807, 2.05) is 34.6 Å². The fourth-order valence-corrected chi connectivity index (χ4v) is 4.26. The summed E-state index contributed by atoms with van der Waals surface area (Å²) in [7, 11) is 0. The van der Waals surface area contributed by atoms with Crippen molar-refractivity contribution in [2.24, 2.45) is 5.92 Å². The third-order valence-corrected chi connectivity index (χ3v) is 5.89. The number of rotatable bonds is 2. The van der Waals surface area contributed by atoms with E-state index in [1.165, 1.54) is 5.56 Å². The molecule has 2 aromatic rings. The molecule has 1 fully saturated rings. The van der Waals surface area contributed by atoms with Crippen molar-refractivity contribution in [2.75, 3.05) is 19.6 Å². The molecule has 138 valence electrons. The number of likely N-dealkylation sites (tertiary alicyclic amines) is 1. The van der Waals surface area contributed by atoms with E-state index in [-0.39, 0.29) is 11.8 Å². The van der Waals surface area contributed by atoms with Gasteiger partial charge >= 0.3 is 0 Å². The summed E-state index contributed by atoms with van der Waals surface area (Å²) < 4.78 is 1.88. The van der Waals surface area contributed by atoms with Gasteiger partial charge in [-0.2, -0.15) is 0 Å². The van der Waals surface area contributed by atoms with E-state index in [0.717, 1.165) is 67.6 Å². The average Bonchev–Trinajstić information content (AvgIpc) is 3.01. The first kappa shape index (κ1) is 17.3. The topological polar surface area (TPSA) is 54.3 Å². The van der Waals surface area contributed by atoms with Gasteiger partial charge in [-0.1, -0.05) is 13.8 Å². The Morgan fingerprint density at radius 2 is 2.00 bits per heavy atom. The molecule has 0 bridgehead atoms. The van der Waals surface area contributed by atoms with Gasteiger partial charge in [-0.15, -0.1) is 0 Å². The molecule has 0 saturated carbocycles. The largest absolute Gasteiger partial charge is 0.339 e. The molecule has 1 aromatic carbocycles. The molecule has 0 atom stereocenters. The average molecular weight is 353 g/mol. The highest BCUT2D eigenvalue weighted by Gasteiger charge is 2.25. The molecule has 1 amide bonds. The van der Waals surface area contributed by atoms with Crippen LogP contribution in [0.25, 0.3) is 10.9 Å². The standard InChI is InChI=1S/C21H27N3O2/c1-3-20(25)24-18-5-4-15(21(26)23-10-7-14(2)8-11-23)12-16(18)17-13-22-9-6-19(17)24/h4-5,12,14,22H,3,6-11,13H2,1-2H3. The summed E-state index contributed by atoms with van der Waals surface area (Å²) in [5.74, 6) is 0.946. The zero-order chi connectivity index (χ0) is 18.3. The second kappa shape index (κ2) is 6.88. The van der Waals surface area contributed by atoms with Gasteiger partial charge in [-0.05, 0) is 42.5 Å². The summed E-state index contributed by atoms with van der Waals surface area (Å²) in [5, 5.41) is 4.45. The molecule has 2 aliphatic heterocycles. The molecule has 0 radical (unpaired) electrons. The maximum Gasteiger partial charge on any atom is 0.253 e. The predicted molar refractivity (Wildman–Crippen MR) is 103 cm³/mol. The van der Waals surface area contributed by atoms with Gasteiger partial charge < -0.3 is 10.2 Å². The lowest BCUT2D eigenvalue weighted by molar-refractivity contribution is 0.0697. The van der Waals surface area contributed by atoms with E-state index >= 15 is 0 Å². The molecule has 5 heteroatoms. The summed E-state index contributed by atoms with van der Waals surface area (Å²) >= 11 is 0. The minimum atomic E-state index is 0.117. The van der Waals surface area contributed by atoms with Gasteiger partial charge in [0.15, 0.2) is 0 Å². The summed E-state index contributed by atoms with van der Waals surface area (Å²) in [5.41, 5.74) is 3.97. The molecule has 0 aliphatic carbocycles. The van der Waals surface area contributed by atoms with E-state index in [9.17, 15) is 9.59 Å². The summed E-state index contributed by atoms with van der Waals surface area (Å²) in [6, 6.07) is 5.85. The zero-order valence-electron chi connectivity index (χ0n) is 15.7. The van der Waals surface area contributed by atoms with Crippen molar-refractivity contribution in [3.63, 3.8) is 0 Å². The molecule has 1 N–H and O–H groups in total. The van der Waals surface area contributed by atoms with Crippen LogP contribution in [0.3, 0.4) is 0 Å². The molecule has 1 saturated heterocycles. The summed E-state index contributed by atoms with van der Waals surface area (Å²) in [4.78, 5) is 27.4.